The van der Waals surface area contributed by atoms with E-state index in [2.05, 4.69) is 9.99 Å². The summed E-state index contributed by atoms with van der Waals surface area (Å²) in [6.07, 6.45) is -3.24. The van der Waals surface area contributed by atoms with Crippen LogP contribution in [0, 0.1) is 10.1 Å². The second-order valence-corrected chi connectivity index (χ2v) is 4.52. The fourth-order valence-corrected chi connectivity index (χ4v) is 1.96. The smallest absolute Gasteiger partial charge is 0.399 e. The topological polar surface area (TPSA) is 64.7 Å². The zero-order valence-electron chi connectivity index (χ0n) is 11.9. The molecule has 2 aromatic carbocycles. The number of nitrogens with zero attached hydrogens (tertiary/aromatic N) is 2. The molecule has 0 spiro atoms. The van der Waals surface area contributed by atoms with Crippen molar-refractivity contribution in [1.29, 1.82) is 0 Å². The Morgan fingerprint density at radius 1 is 1.13 bits per heavy atom. The fraction of sp³-hybridized carbons (Fsp3) is 0.133. The number of hydrogen-bond acceptors (Lipinski definition) is 4. The van der Waals surface area contributed by atoms with Crippen molar-refractivity contribution in [2.24, 2.45) is 5.16 Å². The molecular weight excluding hydrogens is 313 g/mol. The molecule has 120 valence electrons. The van der Waals surface area contributed by atoms with Gasteiger partial charge in [-0.05, 0) is 35.4 Å². The van der Waals surface area contributed by atoms with Gasteiger partial charge in [-0.1, -0.05) is 17.3 Å². The van der Waals surface area contributed by atoms with Gasteiger partial charge in [0.15, 0.2) is 0 Å². The molecule has 0 N–H and O–H groups in total. The number of oxime groups is 1. The predicted octanol–water partition coefficient (Wildman–Crippen LogP) is 4.26. The van der Waals surface area contributed by atoms with Crippen molar-refractivity contribution in [3.8, 4) is 11.1 Å². The molecule has 0 fully saturated rings. The summed E-state index contributed by atoms with van der Waals surface area (Å²) in [6.45, 7) is 0. The normalized spacial score (nSPS) is 11.7. The molecule has 2 aromatic rings. The van der Waals surface area contributed by atoms with Crippen LogP contribution in [0.15, 0.2) is 47.6 Å². The first kappa shape index (κ1) is 16.5. The molecule has 5 nitrogen and oxygen atoms in total. The molecule has 0 radical (unpaired) electrons. The van der Waals surface area contributed by atoms with Crippen molar-refractivity contribution >= 4 is 11.9 Å². The van der Waals surface area contributed by atoms with Crippen LogP contribution >= 0.6 is 0 Å². The van der Waals surface area contributed by atoms with E-state index in [0.29, 0.717) is 11.1 Å². The quantitative estimate of drug-likeness (QED) is 0.479. The lowest BCUT2D eigenvalue weighted by molar-refractivity contribution is -0.385. The third-order valence-electron chi connectivity index (χ3n) is 3.07. The summed E-state index contributed by atoms with van der Waals surface area (Å²) in [4.78, 5) is 14.9. The summed E-state index contributed by atoms with van der Waals surface area (Å²) < 4.78 is 37.7. The Morgan fingerprint density at radius 3 is 2.26 bits per heavy atom. The Balaban J connectivity index is 2.44. The van der Waals surface area contributed by atoms with Gasteiger partial charge in [0.2, 0.25) is 0 Å². The molecule has 0 heterocycles. The third-order valence-corrected chi connectivity index (χ3v) is 3.07. The Kier molecular flexibility index (Phi) is 4.63. The van der Waals surface area contributed by atoms with Gasteiger partial charge in [-0.3, -0.25) is 10.1 Å². The van der Waals surface area contributed by atoms with Crippen molar-refractivity contribution < 1.29 is 22.9 Å². The van der Waals surface area contributed by atoms with Crippen LogP contribution in [0.3, 0.4) is 0 Å². The fourth-order valence-electron chi connectivity index (χ4n) is 1.96. The second-order valence-electron chi connectivity index (χ2n) is 4.52. The minimum atomic E-state index is -4.41. The van der Waals surface area contributed by atoms with Crippen LogP contribution < -0.4 is 0 Å². The average molecular weight is 324 g/mol. The van der Waals surface area contributed by atoms with E-state index in [9.17, 15) is 23.3 Å². The van der Waals surface area contributed by atoms with Crippen LogP contribution in [0.1, 0.15) is 11.1 Å². The van der Waals surface area contributed by atoms with Gasteiger partial charge in [0.05, 0.1) is 22.3 Å². The largest absolute Gasteiger partial charge is 0.416 e. The molecule has 0 aliphatic heterocycles. The van der Waals surface area contributed by atoms with Crippen molar-refractivity contribution in [2.75, 3.05) is 7.11 Å². The summed E-state index contributed by atoms with van der Waals surface area (Å²) in [6, 6.07) is 8.72. The van der Waals surface area contributed by atoms with Gasteiger partial charge in [-0.25, -0.2) is 0 Å². The zero-order chi connectivity index (χ0) is 17.0. The number of nitro benzene ring substituents is 1. The Labute approximate surface area is 129 Å². The van der Waals surface area contributed by atoms with E-state index in [-0.39, 0.29) is 11.3 Å². The molecular formula is C15H11F3N2O3. The van der Waals surface area contributed by atoms with E-state index in [1.54, 1.807) is 0 Å². The minimum absolute atomic E-state index is 0.179. The van der Waals surface area contributed by atoms with E-state index in [1.165, 1.54) is 43.7 Å². The molecule has 0 bridgehead atoms. The SMILES string of the molecule is CO/N=C/c1cc(-c2ccc(C(F)(F)F)cc2)ccc1[N+](=O)[O-]. The first-order valence-electron chi connectivity index (χ1n) is 6.35. The maximum atomic E-state index is 12.6. The van der Waals surface area contributed by atoms with Gasteiger partial charge < -0.3 is 4.84 Å². The number of rotatable bonds is 4. The summed E-state index contributed by atoms with van der Waals surface area (Å²) in [5.41, 5.74) is 0.280. The van der Waals surface area contributed by atoms with Gasteiger partial charge in [0.25, 0.3) is 5.69 Å². The van der Waals surface area contributed by atoms with E-state index in [1.807, 2.05) is 0 Å². The van der Waals surface area contributed by atoms with Gasteiger partial charge in [0, 0.05) is 6.07 Å². The molecule has 23 heavy (non-hydrogen) atoms. The molecule has 0 unspecified atom stereocenters. The van der Waals surface area contributed by atoms with Crippen LogP contribution in [-0.2, 0) is 11.0 Å². The standard InChI is InChI=1S/C15H11F3N2O3/c1-23-19-9-12-8-11(4-7-14(12)20(21)22)10-2-5-13(6-3-10)15(16,17)18/h2-9H,1H3/b19-9+. The lowest BCUT2D eigenvalue weighted by atomic mass is 10.0. The number of alkyl halides is 3. The van der Waals surface area contributed by atoms with Crippen molar-refractivity contribution in [3.05, 3.63) is 63.7 Å². The third kappa shape index (κ3) is 3.85. The van der Waals surface area contributed by atoms with Crippen LogP contribution in [0.5, 0.6) is 0 Å². The minimum Gasteiger partial charge on any atom is -0.399 e. The Bertz CT molecular complexity index is 741. The van der Waals surface area contributed by atoms with Crippen molar-refractivity contribution in [1.82, 2.24) is 0 Å². The molecule has 0 saturated carbocycles. The molecule has 0 atom stereocenters. The van der Waals surface area contributed by atoms with E-state index >= 15 is 0 Å². The average Bonchev–Trinajstić information content (AvgIpc) is 2.51. The lowest BCUT2D eigenvalue weighted by Crippen LogP contribution is -2.04. The van der Waals surface area contributed by atoms with Gasteiger partial charge in [-0.2, -0.15) is 13.2 Å². The van der Waals surface area contributed by atoms with Crippen LogP contribution in [0.4, 0.5) is 18.9 Å². The van der Waals surface area contributed by atoms with E-state index in [0.717, 1.165) is 12.1 Å². The van der Waals surface area contributed by atoms with Crippen molar-refractivity contribution in [3.63, 3.8) is 0 Å². The van der Waals surface area contributed by atoms with Gasteiger partial charge in [-0.15, -0.1) is 0 Å². The summed E-state index contributed by atoms with van der Waals surface area (Å²) in [5.74, 6) is 0. The molecule has 0 aromatic heterocycles. The molecule has 0 aliphatic carbocycles. The maximum Gasteiger partial charge on any atom is 0.416 e. The van der Waals surface area contributed by atoms with E-state index in [4.69, 9.17) is 0 Å². The lowest BCUT2D eigenvalue weighted by Gasteiger charge is -2.08. The monoisotopic (exact) mass is 324 g/mol. The Morgan fingerprint density at radius 2 is 1.74 bits per heavy atom. The summed E-state index contributed by atoms with van der Waals surface area (Å²) in [5, 5.41) is 14.5. The highest BCUT2D eigenvalue weighted by Gasteiger charge is 2.30. The van der Waals surface area contributed by atoms with Crippen LogP contribution in [0.2, 0.25) is 0 Å². The highest BCUT2D eigenvalue weighted by atomic mass is 19.4. The number of halogens is 3. The molecule has 0 aliphatic rings. The van der Waals surface area contributed by atoms with E-state index < -0.39 is 16.7 Å². The number of benzene rings is 2. The highest BCUT2D eigenvalue weighted by Crippen LogP contribution is 2.32. The summed E-state index contributed by atoms with van der Waals surface area (Å²) >= 11 is 0. The van der Waals surface area contributed by atoms with Crippen LogP contribution in [-0.4, -0.2) is 18.2 Å². The highest BCUT2D eigenvalue weighted by molar-refractivity contribution is 5.87. The van der Waals surface area contributed by atoms with Crippen molar-refractivity contribution in [2.45, 2.75) is 6.18 Å². The van der Waals surface area contributed by atoms with Gasteiger partial charge in [0.1, 0.15) is 7.11 Å². The van der Waals surface area contributed by atoms with Crippen LogP contribution in [0.25, 0.3) is 11.1 Å². The first-order chi connectivity index (χ1) is 10.8. The maximum absolute atomic E-state index is 12.6. The summed E-state index contributed by atoms with van der Waals surface area (Å²) in [7, 11) is 1.29. The number of hydrogen-bond donors (Lipinski definition) is 0. The first-order valence-corrected chi connectivity index (χ1v) is 6.35. The predicted molar refractivity (Wildman–Crippen MR) is 78.1 cm³/mol. The molecule has 8 heteroatoms. The second kappa shape index (κ2) is 6.47. The molecule has 0 amide bonds. The zero-order valence-corrected chi connectivity index (χ0v) is 11.9. The molecule has 0 saturated heterocycles. The Hall–Kier alpha value is -2.90. The molecule has 2 rings (SSSR count). The van der Waals surface area contributed by atoms with Gasteiger partial charge >= 0.3 is 6.18 Å². The number of nitro groups is 1.